The fraction of sp³-hybridized carbons (Fsp3) is 0.300. The molecule has 1 aliphatic rings. The molecular formula is C10H9IO5. The van der Waals surface area contributed by atoms with Gasteiger partial charge in [-0.15, -0.1) is 0 Å². The van der Waals surface area contributed by atoms with Gasteiger partial charge in [0.25, 0.3) is 0 Å². The first-order valence-corrected chi connectivity index (χ1v) is 5.51. The molecule has 16 heavy (non-hydrogen) atoms. The van der Waals surface area contributed by atoms with E-state index in [4.69, 9.17) is 14.2 Å². The molecule has 0 spiro atoms. The Morgan fingerprint density at radius 1 is 1.38 bits per heavy atom. The van der Waals surface area contributed by atoms with Gasteiger partial charge in [0.1, 0.15) is 5.56 Å². The van der Waals surface area contributed by atoms with E-state index in [2.05, 4.69) is 27.3 Å². The highest BCUT2D eigenvalue weighted by molar-refractivity contribution is 14.1. The largest absolute Gasteiger partial charge is 0.492 e. The second-order valence-electron chi connectivity index (χ2n) is 3.00. The Hall–Kier alpha value is -1.18. The molecule has 1 aliphatic heterocycles. The summed E-state index contributed by atoms with van der Waals surface area (Å²) >= 11 is 2.06. The van der Waals surface area contributed by atoms with Gasteiger partial charge in [-0.2, -0.15) is 0 Å². The van der Waals surface area contributed by atoms with Crippen LogP contribution in [0.2, 0.25) is 0 Å². The molecule has 0 radical (unpaired) electrons. The molecule has 5 nitrogen and oxygen atoms in total. The zero-order valence-corrected chi connectivity index (χ0v) is 10.9. The number of benzene rings is 1. The van der Waals surface area contributed by atoms with Gasteiger partial charge < -0.3 is 18.9 Å². The fourth-order valence-corrected chi connectivity index (χ4v) is 2.24. The molecule has 0 atom stereocenters. The lowest BCUT2D eigenvalue weighted by atomic mass is 10.1. The maximum atomic E-state index is 11.5. The van der Waals surface area contributed by atoms with Gasteiger partial charge in [0.2, 0.25) is 12.5 Å². The Balaban J connectivity index is 2.61. The number of halogens is 1. The molecule has 1 aromatic carbocycles. The lowest BCUT2D eigenvalue weighted by molar-refractivity contribution is 0.0596. The highest BCUT2D eigenvalue weighted by atomic mass is 127. The highest BCUT2D eigenvalue weighted by Gasteiger charge is 2.28. The summed E-state index contributed by atoms with van der Waals surface area (Å²) in [4.78, 5) is 11.5. The summed E-state index contributed by atoms with van der Waals surface area (Å²) in [6.45, 7) is 0.0791. The number of methoxy groups -OCH3 is 2. The highest BCUT2D eigenvalue weighted by Crippen LogP contribution is 2.46. The van der Waals surface area contributed by atoms with Crippen molar-refractivity contribution in [2.24, 2.45) is 0 Å². The number of hydrogen-bond acceptors (Lipinski definition) is 5. The van der Waals surface area contributed by atoms with Gasteiger partial charge in [-0.3, -0.25) is 0 Å². The van der Waals surface area contributed by atoms with Crippen LogP contribution < -0.4 is 14.2 Å². The lowest BCUT2D eigenvalue weighted by Crippen LogP contribution is -2.04. The third-order valence-corrected chi connectivity index (χ3v) is 2.96. The maximum Gasteiger partial charge on any atom is 0.341 e. The van der Waals surface area contributed by atoms with Crippen molar-refractivity contribution in [3.05, 3.63) is 15.2 Å². The van der Waals surface area contributed by atoms with E-state index in [0.29, 0.717) is 22.8 Å². The smallest absolute Gasteiger partial charge is 0.341 e. The number of hydrogen-bond donors (Lipinski definition) is 0. The standard InChI is InChI=1S/C10H9IO5/c1-13-8-6(11)3-5(10(12)14-2)7-9(8)16-4-15-7/h3H,4H2,1-2H3. The minimum absolute atomic E-state index is 0.0791. The molecule has 0 saturated heterocycles. The van der Waals surface area contributed by atoms with Crippen molar-refractivity contribution in [3.8, 4) is 17.2 Å². The van der Waals surface area contributed by atoms with Crippen molar-refractivity contribution < 1.29 is 23.7 Å². The van der Waals surface area contributed by atoms with Crippen LogP contribution in [-0.4, -0.2) is 27.0 Å². The summed E-state index contributed by atoms with van der Waals surface area (Å²) in [5.41, 5.74) is 0.347. The molecule has 0 aromatic heterocycles. The van der Waals surface area contributed by atoms with E-state index in [1.165, 1.54) is 14.2 Å². The van der Waals surface area contributed by atoms with Crippen LogP contribution in [0.1, 0.15) is 10.4 Å². The number of carbonyl (C=O) groups excluding carboxylic acids is 1. The number of ether oxygens (including phenoxy) is 4. The van der Waals surface area contributed by atoms with Crippen molar-refractivity contribution in [1.82, 2.24) is 0 Å². The first-order chi connectivity index (χ1) is 7.69. The Labute approximate surface area is 106 Å². The third kappa shape index (κ3) is 1.66. The van der Waals surface area contributed by atoms with Gasteiger partial charge in [0.05, 0.1) is 17.8 Å². The van der Waals surface area contributed by atoms with E-state index in [1.807, 2.05) is 0 Å². The van der Waals surface area contributed by atoms with Crippen LogP contribution in [0.5, 0.6) is 17.2 Å². The van der Waals surface area contributed by atoms with Gasteiger partial charge in [-0.1, -0.05) is 0 Å². The molecule has 0 bridgehead atoms. The molecule has 0 fully saturated rings. The van der Waals surface area contributed by atoms with Gasteiger partial charge in [0, 0.05) is 0 Å². The van der Waals surface area contributed by atoms with E-state index < -0.39 is 5.97 Å². The first-order valence-electron chi connectivity index (χ1n) is 4.43. The average molecular weight is 336 g/mol. The van der Waals surface area contributed by atoms with Crippen molar-refractivity contribution in [1.29, 1.82) is 0 Å². The molecule has 1 aromatic rings. The van der Waals surface area contributed by atoms with Crippen molar-refractivity contribution in [2.45, 2.75) is 0 Å². The molecule has 0 N–H and O–H groups in total. The Morgan fingerprint density at radius 2 is 2.06 bits per heavy atom. The topological polar surface area (TPSA) is 54.0 Å². The quantitative estimate of drug-likeness (QED) is 0.609. The molecule has 6 heteroatoms. The second-order valence-corrected chi connectivity index (χ2v) is 4.16. The van der Waals surface area contributed by atoms with Crippen LogP contribution in [0.4, 0.5) is 0 Å². The van der Waals surface area contributed by atoms with Gasteiger partial charge in [-0.05, 0) is 28.7 Å². The van der Waals surface area contributed by atoms with Crippen LogP contribution in [0.3, 0.4) is 0 Å². The fourth-order valence-electron chi connectivity index (χ4n) is 1.47. The summed E-state index contributed by atoms with van der Waals surface area (Å²) in [5.74, 6) is 0.946. The second kappa shape index (κ2) is 4.36. The van der Waals surface area contributed by atoms with Crippen LogP contribution in [0, 0.1) is 3.57 Å². The zero-order chi connectivity index (χ0) is 11.7. The number of fused-ring (bicyclic) bond motifs is 1. The third-order valence-electron chi connectivity index (χ3n) is 2.16. The number of carbonyl (C=O) groups is 1. The zero-order valence-electron chi connectivity index (χ0n) is 8.70. The van der Waals surface area contributed by atoms with Crippen LogP contribution in [0.15, 0.2) is 6.07 Å². The minimum atomic E-state index is -0.456. The van der Waals surface area contributed by atoms with E-state index >= 15 is 0 Å². The van der Waals surface area contributed by atoms with Crippen molar-refractivity contribution >= 4 is 28.6 Å². The molecule has 1 heterocycles. The maximum absolute atomic E-state index is 11.5. The summed E-state index contributed by atoms with van der Waals surface area (Å²) in [7, 11) is 2.86. The first kappa shape index (κ1) is 11.3. The van der Waals surface area contributed by atoms with E-state index in [9.17, 15) is 4.79 Å². The van der Waals surface area contributed by atoms with Crippen LogP contribution in [0.25, 0.3) is 0 Å². The van der Waals surface area contributed by atoms with Crippen molar-refractivity contribution in [2.75, 3.05) is 21.0 Å². The van der Waals surface area contributed by atoms with Crippen molar-refractivity contribution in [3.63, 3.8) is 0 Å². The summed E-state index contributed by atoms with van der Waals surface area (Å²) in [6.07, 6.45) is 0. The van der Waals surface area contributed by atoms with E-state index in [0.717, 1.165) is 3.57 Å². The Bertz CT molecular complexity index is 443. The van der Waals surface area contributed by atoms with Crippen LogP contribution in [-0.2, 0) is 4.74 Å². The summed E-state index contributed by atoms with van der Waals surface area (Å²) in [5, 5.41) is 0. The number of esters is 1. The Morgan fingerprint density at radius 3 is 2.69 bits per heavy atom. The average Bonchev–Trinajstić information content (AvgIpc) is 2.75. The molecule has 0 unspecified atom stereocenters. The lowest BCUT2D eigenvalue weighted by Gasteiger charge is -2.09. The summed E-state index contributed by atoms with van der Waals surface area (Å²) < 4.78 is 21.2. The minimum Gasteiger partial charge on any atom is -0.492 e. The molecule has 0 saturated carbocycles. The molecule has 86 valence electrons. The number of rotatable bonds is 2. The van der Waals surface area contributed by atoms with Gasteiger partial charge in [-0.25, -0.2) is 4.79 Å². The predicted molar refractivity (Wildman–Crippen MR) is 63.2 cm³/mol. The normalized spacial score (nSPS) is 12.4. The SMILES string of the molecule is COC(=O)c1cc(I)c(OC)c2c1OCO2. The van der Waals surface area contributed by atoms with E-state index in [1.54, 1.807) is 6.07 Å². The molecule has 0 aliphatic carbocycles. The molecular weight excluding hydrogens is 327 g/mol. The van der Waals surface area contributed by atoms with E-state index in [-0.39, 0.29) is 6.79 Å². The molecule has 0 amide bonds. The monoisotopic (exact) mass is 336 g/mol. The predicted octanol–water partition coefficient (Wildman–Crippen LogP) is 1.82. The Kier molecular flexibility index (Phi) is 3.08. The van der Waals surface area contributed by atoms with Gasteiger partial charge in [0.15, 0.2) is 11.5 Å². The van der Waals surface area contributed by atoms with Crippen LogP contribution >= 0.6 is 22.6 Å². The summed E-state index contributed by atoms with van der Waals surface area (Å²) in [6, 6.07) is 1.65. The van der Waals surface area contributed by atoms with Gasteiger partial charge >= 0.3 is 5.97 Å². The molecule has 2 rings (SSSR count).